The number of aliphatic hydroxyl groups excluding tert-OH is 1. The molecule has 0 bridgehead atoms. The summed E-state index contributed by atoms with van der Waals surface area (Å²) in [5.74, 6) is 0.420. The summed E-state index contributed by atoms with van der Waals surface area (Å²) in [5.41, 5.74) is 11.8. The highest BCUT2D eigenvalue weighted by molar-refractivity contribution is 6.35. The Labute approximate surface area is 117 Å². The molecule has 0 heterocycles. The van der Waals surface area contributed by atoms with Crippen LogP contribution in [0.1, 0.15) is 25.0 Å². The van der Waals surface area contributed by atoms with Crippen molar-refractivity contribution in [2.75, 3.05) is 13.2 Å². The molecule has 0 saturated carbocycles. The molecule has 5 N–H and O–H groups in total. The number of hydrogen-bond donors (Lipinski definition) is 3. The summed E-state index contributed by atoms with van der Waals surface area (Å²) >= 11 is 12.0. The van der Waals surface area contributed by atoms with Gasteiger partial charge in [0.15, 0.2) is 0 Å². The average Bonchev–Trinajstić information content (AvgIpc) is 2.31. The quantitative estimate of drug-likeness (QED) is 0.750. The van der Waals surface area contributed by atoms with Crippen molar-refractivity contribution in [1.82, 2.24) is 0 Å². The molecule has 1 aromatic rings. The third-order valence-corrected chi connectivity index (χ3v) is 3.05. The van der Waals surface area contributed by atoms with Crippen molar-refractivity contribution in [1.29, 1.82) is 0 Å². The number of aliphatic hydroxyl groups is 1. The van der Waals surface area contributed by atoms with E-state index in [4.69, 9.17) is 39.4 Å². The van der Waals surface area contributed by atoms with E-state index in [2.05, 4.69) is 0 Å². The third-order valence-electron chi connectivity index (χ3n) is 2.55. The summed E-state index contributed by atoms with van der Waals surface area (Å²) in [4.78, 5) is 0. The lowest BCUT2D eigenvalue weighted by Crippen LogP contribution is -2.31. The molecule has 0 aliphatic carbocycles. The number of rotatable bonds is 6. The van der Waals surface area contributed by atoms with E-state index in [9.17, 15) is 5.11 Å². The SMILES string of the molecule is CCOc1c(Cl)cc(Cl)cc1C(O)C(N)CCN. The maximum Gasteiger partial charge on any atom is 0.143 e. The molecule has 0 amide bonds. The molecule has 18 heavy (non-hydrogen) atoms. The molecular formula is C12H18Cl2N2O2. The molecule has 1 aromatic carbocycles. The second kappa shape index (κ2) is 7.16. The maximum atomic E-state index is 10.2. The highest BCUT2D eigenvalue weighted by Crippen LogP contribution is 2.37. The Hall–Kier alpha value is -0.520. The van der Waals surface area contributed by atoms with E-state index in [1.807, 2.05) is 6.92 Å². The predicted octanol–water partition coefficient (Wildman–Crippen LogP) is 2.10. The topological polar surface area (TPSA) is 81.5 Å². The van der Waals surface area contributed by atoms with Crippen molar-refractivity contribution in [2.24, 2.45) is 11.5 Å². The highest BCUT2D eigenvalue weighted by Gasteiger charge is 2.22. The number of ether oxygens (including phenoxy) is 1. The maximum absolute atomic E-state index is 10.2. The normalized spacial score (nSPS) is 14.3. The monoisotopic (exact) mass is 292 g/mol. The van der Waals surface area contributed by atoms with Gasteiger partial charge in [-0.15, -0.1) is 0 Å². The summed E-state index contributed by atoms with van der Waals surface area (Å²) in [7, 11) is 0. The fourth-order valence-electron chi connectivity index (χ4n) is 1.68. The first kappa shape index (κ1) is 15.5. The third kappa shape index (κ3) is 3.73. The van der Waals surface area contributed by atoms with Gasteiger partial charge in [-0.1, -0.05) is 23.2 Å². The van der Waals surface area contributed by atoms with Gasteiger partial charge in [0.1, 0.15) is 5.75 Å². The van der Waals surface area contributed by atoms with Crippen LogP contribution in [0.25, 0.3) is 0 Å². The number of halogens is 2. The fourth-order valence-corrected chi connectivity index (χ4v) is 2.24. The van der Waals surface area contributed by atoms with Gasteiger partial charge in [0.05, 0.1) is 17.7 Å². The minimum Gasteiger partial charge on any atom is -0.492 e. The lowest BCUT2D eigenvalue weighted by molar-refractivity contribution is 0.138. The van der Waals surface area contributed by atoms with E-state index in [1.165, 1.54) is 0 Å². The van der Waals surface area contributed by atoms with Crippen molar-refractivity contribution in [3.8, 4) is 5.75 Å². The smallest absolute Gasteiger partial charge is 0.143 e. The van der Waals surface area contributed by atoms with Crippen LogP contribution >= 0.6 is 23.2 Å². The van der Waals surface area contributed by atoms with Gasteiger partial charge in [-0.2, -0.15) is 0 Å². The highest BCUT2D eigenvalue weighted by atomic mass is 35.5. The van der Waals surface area contributed by atoms with Crippen LogP contribution in [-0.2, 0) is 0 Å². The van der Waals surface area contributed by atoms with Crippen molar-refractivity contribution in [3.63, 3.8) is 0 Å². The van der Waals surface area contributed by atoms with Gasteiger partial charge in [-0.3, -0.25) is 0 Å². The van der Waals surface area contributed by atoms with Crippen molar-refractivity contribution in [3.05, 3.63) is 27.7 Å². The fraction of sp³-hybridized carbons (Fsp3) is 0.500. The summed E-state index contributed by atoms with van der Waals surface area (Å²) in [6, 6.07) is 2.70. The molecule has 0 fully saturated rings. The molecular weight excluding hydrogens is 275 g/mol. The summed E-state index contributed by atoms with van der Waals surface area (Å²) in [5, 5.41) is 11.0. The zero-order valence-electron chi connectivity index (χ0n) is 10.2. The standard InChI is InChI=1S/C12H18Cl2N2O2/c1-2-18-12-8(5-7(13)6-9(12)14)11(17)10(16)3-4-15/h5-6,10-11,17H,2-4,15-16H2,1H3. The van der Waals surface area contributed by atoms with Crippen LogP contribution in [0.15, 0.2) is 12.1 Å². The van der Waals surface area contributed by atoms with E-state index >= 15 is 0 Å². The van der Waals surface area contributed by atoms with Gasteiger partial charge in [0.2, 0.25) is 0 Å². The zero-order valence-corrected chi connectivity index (χ0v) is 11.7. The van der Waals surface area contributed by atoms with Crippen LogP contribution in [0, 0.1) is 0 Å². The van der Waals surface area contributed by atoms with Crippen LogP contribution < -0.4 is 16.2 Å². The Bertz CT molecular complexity index is 402. The Balaban J connectivity index is 3.12. The van der Waals surface area contributed by atoms with E-state index in [-0.39, 0.29) is 0 Å². The minimum atomic E-state index is -0.911. The largest absolute Gasteiger partial charge is 0.492 e. The van der Waals surface area contributed by atoms with Gasteiger partial charge in [-0.05, 0) is 32.0 Å². The molecule has 6 heteroatoms. The van der Waals surface area contributed by atoms with Gasteiger partial charge >= 0.3 is 0 Å². The molecule has 0 aromatic heterocycles. The second-order valence-corrected chi connectivity index (χ2v) is 4.77. The number of hydrogen-bond acceptors (Lipinski definition) is 4. The molecule has 0 aliphatic heterocycles. The van der Waals surface area contributed by atoms with Crippen molar-refractivity contribution >= 4 is 23.2 Å². The predicted molar refractivity (Wildman–Crippen MR) is 74.2 cm³/mol. The lowest BCUT2D eigenvalue weighted by atomic mass is 9.99. The first-order valence-electron chi connectivity index (χ1n) is 5.76. The molecule has 1 rings (SSSR count). The van der Waals surface area contributed by atoms with E-state index < -0.39 is 12.1 Å². The van der Waals surface area contributed by atoms with Crippen LogP contribution in [0.2, 0.25) is 10.0 Å². The number of benzene rings is 1. The van der Waals surface area contributed by atoms with E-state index in [0.717, 1.165) is 0 Å². The molecule has 0 aliphatic rings. The first-order valence-corrected chi connectivity index (χ1v) is 6.52. The number of nitrogens with two attached hydrogens (primary N) is 2. The van der Waals surface area contributed by atoms with Crippen LogP contribution in [0.5, 0.6) is 5.75 Å². The molecule has 0 spiro atoms. The average molecular weight is 293 g/mol. The van der Waals surface area contributed by atoms with Crippen molar-refractivity contribution in [2.45, 2.75) is 25.5 Å². The zero-order chi connectivity index (χ0) is 13.7. The lowest BCUT2D eigenvalue weighted by Gasteiger charge is -2.22. The Morgan fingerprint density at radius 3 is 2.61 bits per heavy atom. The summed E-state index contributed by atoms with van der Waals surface area (Å²) in [6.45, 7) is 2.67. The molecule has 4 nitrogen and oxygen atoms in total. The Morgan fingerprint density at radius 2 is 2.06 bits per heavy atom. The van der Waals surface area contributed by atoms with Crippen molar-refractivity contribution < 1.29 is 9.84 Å². The van der Waals surface area contributed by atoms with Crippen LogP contribution in [-0.4, -0.2) is 24.3 Å². The van der Waals surface area contributed by atoms with Gasteiger partial charge < -0.3 is 21.3 Å². The second-order valence-electron chi connectivity index (χ2n) is 3.93. The van der Waals surface area contributed by atoms with Gasteiger partial charge in [0, 0.05) is 16.6 Å². The summed E-state index contributed by atoms with van der Waals surface area (Å²) < 4.78 is 5.43. The Kier molecular flexibility index (Phi) is 6.18. The van der Waals surface area contributed by atoms with Crippen LogP contribution in [0.4, 0.5) is 0 Å². The molecule has 0 saturated heterocycles. The first-order chi connectivity index (χ1) is 8.51. The van der Waals surface area contributed by atoms with E-state index in [1.54, 1.807) is 12.1 Å². The molecule has 2 atom stereocenters. The van der Waals surface area contributed by atoms with Gasteiger partial charge in [-0.25, -0.2) is 0 Å². The molecule has 102 valence electrons. The van der Waals surface area contributed by atoms with Crippen LogP contribution in [0.3, 0.4) is 0 Å². The van der Waals surface area contributed by atoms with E-state index in [0.29, 0.717) is 40.9 Å². The van der Waals surface area contributed by atoms with Gasteiger partial charge in [0.25, 0.3) is 0 Å². The summed E-state index contributed by atoms with van der Waals surface area (Å²) in [6.07, 6.45) is -0.414. The molecule has 0 radical (unpaired) electrons. The molecule has 2 unspecified atom stereocenters. The Morgan fingerprint density at radius 1 is 1.39 bits per heavy atom. The minimum absolute atomic E-state index is 0.360.